The summed E-state index contributed by atoms with van der Waals surface area (Å²) in [6.45, 7) is 1.43. The van der Waals surface area contributed by atoms with Crippen LogP contribution in [0.15, 0.2) is 60.7 Å². The minimum Gasteiger partial charge on any atom is -0.330 e. The molecule has 0 bridgehead atoms. The Balaban J connectivity index is 0.000000184. The van der Waals surface area contributed by atoms with Gasteiger partial charge in [0.15, 0.2) is 0 Å². The largest absolute Gasteiger partial charge is 0.330 e. The number of aryl methyl sites for hydroxylation is 1. The van der Waals surface area contributed by atoms with Crippen molar-refractivity contribution in [3.63, 3.8) is 0 Å². The van der Waals surface area contributed by atoms with E-state index in [2.05, 4.69) is 24.3 Å². The standard InChI is InChI=1S/C9H13N.C7H9N/c10-8-4-7-9-5-2-1-3-6-9;8-6-7-4-2-1-3-5-7/h1-3,5-6H,4,7-8,10H2;1-5H,6,8H2. The quantitative estimate of drug-likeness (QED) is 0.866. The van der Waals surface area contributed by atoms with E-state index in [0.29, 0.717) is 6.54 Å². The normalized spacial score (nSPS) is 9.44. The van der Waals surface area contributed by atoms with E-state index in [9.17, 15) is 0 Å². The highest BCUT2D eigenvalue weighted by molar-refractivity contribution is 5.14. The van der Waals surface area contributed by atoms with Crippen LogP contribution in [0, 0.1) is 0 Å². The van der Waals surface area contributed by atoms with Gasteiger partial charge >= 0.3 is 0 Å². The molecule has 0 radical (unpaired) electrons. The fourth-order valence-corrected chi connectivity index (χ4v) is 1.56. The molecule has 0 fully saturated rings. The SMILES string of the molecule is NCCCc1ccccc1.NCc1ccccc1. The first kappa shape index (κ1) is 14.4. The van der Waals surface area contributed by atoms with E-state index in [-0.39, 0.29) is 0 Å². The molecule has 2 aromatic rings. The van der Waals surface area contributed by atoms with Gasteiger partial charge in [0.1, 0.15) is 0 Å². The third kappa shape index (κ3) is 6.18. The highest BCUT2D eigenvalue weighted by atomic mass is 14.5. The number of rotatable bonds is 4. The zero-order valence-corrected chi connectivity index (χ0v) is 10.8. The summed E-state index contributed by atoms with van der Waals surface area (Å²) in [6, 6.07) is 20.4. The maximum absolute atomic E-state index is 5.38. The average molecular weight is 242 g/mol. The molecule has 0 aliphatic carbocycles. The van der Waals surface area contributed by atoms with Crippen LogP contribution in [0.5, 0.6) is 0 Å². The van der Waals surface area contributed by atoms with Crippen LogP contribution in [0.1, 0.15) is 17.5 Å². The van der Waals surface area contributed by atoms with Gasteiger partial charge in [0, 0.05) is 6.54 Å². The van der Waals surface area contributed by atoms with Gasteiger partial charge in [-0.3, -0.25) is 0 Å². The Morgan fingerprint density at radius 1 is 0.667 bits per heavy atom. The van der Waals surface area contributed by atoms with Gasteiger partial charge in [0.2, 0.25) is 0 Å². The van der Waals surface area contributed by atoms with Crippen LogP contribution in [-0.4, -0.2) is 6.54 Å². The van der Waals surface area contributed by atoms with Crippen molar-refractivity contribution >= 4 is 0 Å². The van der Waals surface area contributed by atoms with E-state index in [0.717, 1.165) is 19.4 Å². The van der Waals surface area contributed by atoms with Crippen molar-refractivity contribution in [2.24, 2.45) is 11.5 Å². The van der Waals surface area contributed by atoms with Crippen molar-refractivity contribution in [2.75, 3.05) is 6.54 Å². The zero-order valence-electron chi connectivity index (χ0n) is 10.8. The molecular weight excluding hydrogens is 220 g/mol. The lowest BCUT2D eigenvalue weighted by Crippen LogP contribution is -1.99. The molecule has 4 N–H and O–H groups in total. The summed E-state index contributed by atoms with van der Waals surface area (Å²) >= 11 is 0. The minimum absolute atomic E-state index is 0.640. The molecular formula is C16H22N2. The molecule has 0 saturated carbocycles. The molecule has 2 heteroatoms. The number of nitrogens with two attached hydrogens (primary N) is 2. The maximum atomic E-state index is 5.38. The predicted molar refractivity (Wildman–Crippen MR) is 78.2 cm³/mol. The Hall–Kier alpha value is -1.64. The molecule has 2 nitrogen and oxygen atoms in total. The van der Waals surface area contributed by atoms with Gasteiger partial charge in [-0.1, -0.05) is 60.7 Å². The first-order chi connectivity index (χ1) is 8.86. The summed E-state index contributed by atoms with van der Waals surface area (Å²) in [7, 11) is 0. The maximum Gasteiger partial charge on any atom is 0.0178 e. The molecule has 96 valence electrons. The monoisotopic (exact) mass is 242 g/mol. The van der Waals surface area contributed by atoms with Gasteiger partial charge in [-0.15, -0.1) is 0 Å². The lowest BCUT2D eigenvalue weighted by atomic mass is 10.1. The summed E-state index contributed by atoms with van der Waals surface area (Å²) in [4.78, 5) is 0. The van der Waals surface area contributed by atoms with Crippen LogP contribution < -0.4 is 11.5 Å². The smallest absolute Gasteiger partial charge is 0.0178 e. The fourth-order valence-electron chi connectivity index (χ4n) is 1.56. The molecule has 2 aromatic carbocycles. The van der Waals surface area contributed by atoms with Crippen LogP contribution in [0.4, 0.5) is 0 Å². The van der Waals surface area contributed by atoms with Gasteiger partial charge in [0.05, 0.1) is 0 Å². The Labute approximate surface area is 110 Å². The Morgan fingerprint density at radius 3 is 1.56 bits per heavy atom. The average Bonchev–Trinajstić information content (AvgIpc) is 2.48. The van der Waals surface area contributed by atoms with Gasteiger partial charge in [-0.25, -0.2) is 0 Å². The number of hydrogen-bond donors (Lipinski definition) is 2. The first-order valence-electron chi connectivity index (χ1n) is 6.34. The third-order valence-electron chi connectivity index (χ3n) is 2.59. The molecule has 0 heterocycles. The molecule has 0 aliphatic rings. The highest BCUT2D eigenvalue weighted by Gasteiger charge is 1.87. The lowest BCUT2D eigenvalue weighted by Gasteiger charge is -1.96. The van der Waals surface area contributed by atoms with Crippen LogP contribution in [0.2, 0.25) is 0 Å². The molecule has 0 saturated heterocycles. The molecule has 0 atom stereocenters. The van der Waals surface area contributed by atoms with Crippen LogP contribution in [-0.2, 0) is 13.0 Å². The van der Waals surface area contributed by atoms with E-state index in [1.807, 2.05) is 36.4 Å². The predicted octanol–water partition coefficient (Wildman–Crippen LogP) is 2.72. The second-order valence-electron chi connectivity index (χ2n) is 4.07. The van der Waals surface area contributed by atoms with Crippen molar-refractivity contribution in [1.29, 1.82) is 0 Å². The van der Waals surface area contributed by atoms with Crippen LogP contribution in [0.3, 0.4) is 0 Å². The fraction of sp³-hybridized carbons (Fsp3) is 0.250. The Bertz CT molecular complexity index is 398. The second kappa shape index (κ2) is 9.40. The van der Waals surface area contributed by atoms with E-state index < -0.39 is 0 Å². The molecule has 0 unspecified atom stereocenters. The molecule has 0 spiro atoms. The summed E-state index contributed by atoms with van der Waals surface area (Å²) in [5.74, 6) is 0. The van der Waals surface area contributed by atoms with Crippen LogP contribution >= 0.6 is 0 Å². The Kier molecular flexibility index (Phi) is 7.53. The van der Waals surface area contributed by atoms with Crippen molar-refractivity contribution in [1.82, 2.24) is 0 Å². The number of benzene rings is 2. The van der Waals surface area contributed by atoms with Gasteiger partial charge in [-0.05, 0) is 30.5 Å². The van der Waals surface area contributed by atoms with Crippen molar-refractivity contribution in [3.05, 3.63) is 71.8 Å². The first-order valence-corrected chi connectivity index (χ1v) is 6.34. The van der Waals surface area contributed by atoms with Gasteiger partial charge < -0.3 is 11.5 Å². The summed E-state index contributed by atoms with van der Waals surface area (Å²) in [5.41, 5.74) is 13.3. The summed E-state index contributed by atoms with van der Waals surface area (Å²) < 4.78 is 0. The molecule has 18 heavy (non-hydrogen) atoms. The van der Waals surface area contributed by atoms with Crippen molar-refractivity contribution in [3.8, 4) is 0 Å². The van der Waals surface area contributed by atoms with E-state index in [1.54, 1.807) is 0 Å². The van der Waals surface area contributed by atoms with Crippen molar-refractivity contribution < 1.29 is 0 Å². The van der Waals surface area contributed by atoms with Gasteiger partial charge in [-0.2, -0.15) is 0 Å². The van der Waals surface area contributed by atoms with Crippen molar-refractivity contribution in [2.45, 2.75) is 19.4 Å². The molecule has 2 rings (SSSR count). The van der Waals surface area contributed by atoms with E-state index in [1.165, 1.54) is 11.1 Å². The van der Waals surface area contributed by atoms with Crippen LogP contribution in [0.25, 0.3) is 0 Å². The van der Waals surface area contributed by atoms with E-state index in [4.69, 9.17) is 11.5 Å². The molecule has 0 aromatic heterocycles. The number of hydrogen-bond acceptors (Lipinski definition) is 2. The topological polar surface area (TPSA) is 52.0 Å². The zero-order chi connectivity index (χ0) is 13.1. The molecule has 0 aliphatic heterocycles. The van der Waals surface area contributed by atoms with Gasteiger partial charge in [0.25, 0.3) is 0 Å². The third-order valence-corrected chi connectivity index (χ3v) is 2.59. The minimum atomic E-state index is 0.640. The highest BCUT2D eigenvalue weighted by Crippen LogP contribution is 2.00. The van der Waals surface area contributed by atoms with E-state index >= 15 is 0 Å². The Morgan fingerprint density at radius 2 is 1.17 bits per heavy atom. The summed E-state index contributed by atoms with van der Waals surface area (Å²) in [5, 5.41) is 0. The summed E-state index contributed by atoms with van der Waals surface area (Å²) in [6.07, 6.45) is 2.20. The second-order valence-corrected chi connectivity index (χ2v) is 4.07. The molecule has 0 amide bonds. The lowest BCUT2D eigenvalue weighted by molar-refractivity contribution is 0.833.